The maximum Gasteiger partial charge on any atom is 0.335 e. The Morgan fingerprint density at radius 3 is 2.43 bits per heavy atom. The van der Waals surface area contributed by atoms with Crippen LogP contribution in [0.2, 0.25) is 0 Å². The van der Waals surface area contributed by atoms with Crippen molar-refractivity contribution in [1.29, 1.82) is 0 Å². The van der Waals surface area contributed by atoms with E-state index < -0.39 is 28.0 Å². The number of esters is 1. The Morgan fingerprint density at radius 1 is 1.16 bits per heavy atom. The molecule has 0 aliphatic carbocycles. The molecule has 0 fully saturated rings. The van der Waals surface area contributed by atoms with Crippen molar-refractivity contribution in [2.75, 3.05) is 13.2 Å². The summed E-state index contributed by atoms with van der Waals surface area (Å²) in [7, 11) is -3.97. The van der Waals surface area contributed by atoms with Gasteiger partial charge in [-0.1, -0.05) is 51.1 Å². The van der Waals surface area contributed by atoms with E-state index in [0.717, 1.165) is 27.9 Å². The standard InChI is InChI=1S/C26H31N3O6S2/c1-16-5-10-19(14-20(16)23(30)31)37(33,34)28-11-12-35-24(32)21(27)13-17-6-8-18(9-7-17)22-15-36-25(29-22)26(2,3)4/h5-10,14-15,21,28H,11-13,27H2,1-4H3,(H,30,31)/t21-/m0/s1. The number of benzene rings is 2. The van der Waals surface area contributed by atoms with Crippen molar-refractivity contribution in [2.45, 2.75) is 50.5 Å². The van der Waals surface area contributed by atoms with E-state index in [9.17, 15) is 23.1 Å². The van der Waals surface area contributed by atoms with E-state index >= 15 is 0 Å². The van der Waals surface area contributed by atoms with Crippen molar-refractivity contribution in [3.05, 3.63) is 69.5 Å². The summed E-state index contributed by atoms with van der Waals surface area (Å²) in [6, 6.07) is 10.6. The lowest BCUT2D eigenvalue weighted by molar-refractivity contribution is -0.144. The minimum Gasteiger partial charge on any atom is -0.478 e. The van der Waals surface area contributed by atoms with Crippen LogP contribution in [0.15, 0.2) is 52.7 Å². The number of aryl methyl sites for hydroxylation is 1. The highest BCUT2D eigenvalue weighted by Gasteiger charge is 2.20. The molecule has 3 rings (SSSR count). The average Bonchev–Trinajstić information content (AvgIpc) is 3.33. The lowest BCUT2D eigenvalue weighted by Crippen LogP contribution is -2.36. The van der Waals surface area contributed by atoms with Gasteiger partial charge in [-0.05, 0) is 36.6 Å². The van der Waals surface area contributed by atoms with Gasteiger partial charge in [0.05, 0.1) is 21.2 Å². The van der Waals surface area contributed by atoms with Crippen LogP contribution >= 0.6 is 11.3 Å². The first-order chi connectivity index (χ1) is 17.3. The summed E-state index contributed by atoms with van der Waals surface area (Å²) in [5.41, 5.74) is 9.05. The molecule has 0 bridgehead atoms. The first-order valence-electron chi connectivity index (χ1n) is 11.6. The Morgan fingerprint density at radius 2 is 1.84 bits per heavy atom. The number of rotatable bonds is 10. The number of aromatic carboxylic acids is 1. The highest BCUT2D eigenvalue weighted by molar-refractivity contribution is 7.89. The van der Waals surface area contributed by atoms with E-state index in [0.29, 0.717) is 5.56 Å². The van der Waals surface area contributed by atoms with Crippen molar-refractivity contribution < 1.29 is 27.9 Å². The average molecular weight is 546 g/mol. The van der Waals surface area contributed by atoms with Gasteiger partial charge in [0.2, 0.25) is 10.0 Å². The quantitative estimate of drug-likeness (QED) is 0.259. The van der Waals surface area contributed by atoms with Gasteiger partial charge < -0.3 is 15.6 Å². The molecule has 2 aromatic carbocycles. The third-order valence-corrected chi connectivity index (χ3v) is 8.27. The molecule has 0 saturated heterocycles. The number of nitrogens with two attached hydrogens (primary N) is 1. The molecule has 0 spiro atoms. The van der Waals surface area contributed by atoms with E-state index in [-0.39, 0.29) is 35.4 Å². The molecule has 0 saturated carbocycles. The normalized spacial score (nSPS) is 12.8. The Hall–Kier alpha value is -3.12. The molecule has 37 heavy (non-hydrogen) atoms. The summed E-state index contributed by atoms with van der Waals surface area (Å²) in [6.45, 7) is 7.53. The molecule has 3 aromatic rings. The zero-order valence-electron chi connectivity index (χ0n) is 21.1. The van der Waals surface area contributed by atoms with Crippen molar-refractivity contribution in [2.24, 2.45) is 5.73 Å². The molecular weight excluding hydrogens is 514 g/mol. The largest absolute Gasteiger partial charge is 0.478 e. The topological polar surface area (TPSA) is 149 Å². The third kappa shape index (κ3) is 7.45. The van der Waals surface area contributed by atoms with Crippen molar-refractivity contribution in [3.63, 3.8) is 0 Å². The smallest absolute Gasteiger partial charge is 0.335 e. The van der Waals surface area contributed by atoms with Crippen LogP contribution in [-0.4, -0.2) is 49.6 Å². The first-order valence-corrected chi connectivity index (χ1v) is 14.0. The van der Waals surface area contributed by atoms with E-state index in [1.54, 1.807) is 18.3 Å². The number of carbonyl (C=O) groups excluding carboxylic acids is 1. The number of carboxylic acids is 1. The number of ether oxygens (including phenoxy) is 1. The monoisotopic (exact) mass is 545 g/mol. The minimum absolute atomic E-state index is 0.0136. The van der Waals surface area contributed by atoms with Crippen LogP contribution in [-0.2, 0) is 31.4 Å². The Balaban J connectivity index is 1.49. The van der Waals surface area contributed by atoms with Gasteiger partial charge >= 0.3 is 11.9 Å². The molecular formula is C26H31N3O6S2. The van der Waals surface area contributed by atoms with Crippen molar-refractivity contribution >= 4 is 33.3 Å². The molecule has 0 unspecified atom stereocenters. The number of hydrogen-bond donors (Lipinski definition) is 3. The van der Waals surface area contributed by atoms with Gasteiger partial charge in [-0.2, -0.15) is 0 Å². The molecule has 0 amide bonds. The van der Waals surface area contributed by atoms with Crippen molar-refractivity contribution in [3.8, 4) is 11.3 Å². The summed E-state index contributed by atoms with van der Waals surface area (Å²) in [5.74, 6) is -1.87. The SMILES string of the molecule is Cc1ccc(S(=O)(=O)NCCOC(=O)[C@@H](N)Cc2ccc(-c3csc(C(C)(C)C)n3)cc2)cc1C(=O)O. The van der Waals surface area contributed by atoms with Crippen LogP contribution < -0.4 is 10.5 Å². The van der Waals surface area contributed by atoms with E-state index in [2.05, 4.69) is 25.5 Å². The lowest BCUT2D eigenvalue weighted by atomic mass is 9.98. The number of hydrogen-bond acceptors (Lipinski definition) is 8. The van der Waals surface area contributed by atoms with Gasteiger partial charge in [-0.25, -0.2) is 22.9 Å². The second kappa shape index (κ2) is 11.5. The molecule has 9 nitrogen and oxygen atoms in total. The minimum atomic E-state index is -3.97. The zero-order chi connectivity index (χ0) is 27.4. The second-order valence-electron chi connectivity index (χ2n) is 9.64. The highest BCUT2D eigenvalue weighted by atomic mass is 32.2. The zero-order valence-corrected chi connectivity index (χ0v) is 22.8. The van der Waals surface area contributed by atoms with Crippen LogP contribution in [0, 0.1) is 6.92 Å². The van der Waals surface area contributed by atoms with Crippen LogP contribution in [0.5, 0.6) is 0 Å². The molecule has 11 heteroatoms. The summed E-state index contributed by atoms with van der Waals surface area (Å²) < 4.78 is 32.3. The molecule has 0 aliphatic rings. The maximum absolute atomic E-state index is 12.4. The Labute approximate surface area is 220 Å². The summed E-state index contributed by atoms with van der Waals surface area (Å²) in [5, 5.41) is 12.3. The summed E-state index contributed by atoms with van der Waals surface area (Å²) in [6.07, 6.45) is 0.260. The van der Waals surface area contributed by atoms with E-state index in [4.69, 9.17) is 15.5 Å². The summed E-state index contributed by atoms with van der Waals surface area (Å²) >= 11 is 1.62. The maximum atomic E-state index is 12.4. The third-order valence-electron chi connectivity index (χ3n) is 5.54. The van der Waals surface area contributed by atoms with Gasteiger partial charge in [0.15, 0.2) is 0 Å². The van der Waals surface area contributed by atoms with E-state index in [1.807, 2.05) is 29.6 Å². The number of nitrogens with one attached hydrogen (secondary N) is 1. The van der Waals surface area contributed by atoms with Gasteiger partial charge in [-0.3, -0.25) is 4.79 Å². The lowest BCUT2D eigenvalue weighted by Gasteiger charge is -2.13. The number of thiazole rings is 1. The predicted octanol–water partition coefficient (Wildman–Crippen LogP) is 3.51. The molecule has 4 N–H and O–H groups in total. The van der Waals surface area contributed by atoms with Crippen LogP contribution in [0.25, 0.3) is 11.3 Å². The number of sulfonamides is 1. The fourth-order valence-electron chi connectivity index (χ4n) is 3.42. The first kappa shape index (κ1) is 28.5. The molecule has 1 aromatic heterocycles. The fraction of sp³-hybridized carbons (Fsp3) is 0.346. The second-order valence-corrected chi connectivity index (χ2v) is 12.3. The van der Waals surface area contributed by atoms with Gasteiger partial charge in [0, 0.05) is 22.9 Å². The fourth-order valence-corrected chi connectivity index (χ4v) is 5.37. The molecule has 0 radical (unpaired) electrons. The predicted molar refractivity (Wildman–Crippen MR) is 142 cm³/mol. The Kier molecular flexibility index (Phi) is 8.85. The van der Waals surface area contributed by atoms with E-state index in [1.165, 1.54) is 12.1 Å². The van der Waals surface area contributed by atoms with Crippen molar-refractivity contribution in [1.82, 2.24) is 9.71 Å². The van der Waals surface area contributed by atoms with Gasteiger partial charge in [0.1, 0.15) is 12.6 Å². The van der Waals surface area contributed by atoms with Gasteiger partial charge in [-0.15, -0.1) is 11.3 Å². The van der Waals surface area contributed by atoms with Crippen LogP contribution in [0.1, 0.15) is 47.3 Å². The van der Waals surface area contributed by atoms with Crippen LogP contribution in [0.3, 0.4) is 0 Å². The Bertz CT molecular complexity index is 1380. The molecule has 1 heterocycles. The molecule has 0 aliphatic heterocycles. The number of aromatic nitrogens is 1. The molecule has 1 atom stereocenters. The highest BCUT2D eigenvalue weighted by Crippen LogP contribution is 2.30. The number of carboxylic acid groups (broad SMARTS) is 1. The van der Waals surface area contributed by atoms with Gasteiger partial charge in [0.25, 0.3) is 0 Å². The molecule has 198 valence electrons. The summed E-state index contributed by atoms with van der Waals surface area (Å²) in [4.78, 5) is 28.1. The van der Waals surface area contributed by atoms with Crippen LogP contribution in [0.4, 0.5) is 0 Å². The number of carbonyl (C=O) groups is 2. The number of nitrogens with zero attached hydrogens (tertiary/aromatic N) is 1.